The predicted molar refractivity (Wildman–Crippen MR) is 113 cm³/mol. The summed E-state index contributed by atoms with van der Waals surface area (Å²) < 4.78 is 0. The maximum Gasteiger partial charge on any atom is 0.119 e. The molecular formula is C24H46O. The summed E-state index contributed by atoms with van der Waals surface area (Å²) in [6.45, 7) is 2.29. The van der Waals surface area contributed by atoms with E-state index >= 15 is 0 Å². The quantitative estimate of drug-likeness (QED) is 0.115. The average Bonchev–Trinajstić information content (AvgIpc) is 2.63. The van der Waals surface area contributed by atoms with Gasteiger partial charge >= 0.3 is 0 Å². The molecule has 0 aliphatic carbocycles. The van der Waals surface area contributed by atoms with E-state index in [1.165, 1.54) is 116 Å². The van der Waals surface area contributed by atoms with Crippen molar-refractivity contribution in [3.8, 4) is 0 Å². The zero-order chi connectivity index (χ0) is 18.3. The van der Waals surface area contributed by atoms with E-state index < -0.39 is 0 Å². The van der Waals surface area contributed by atoms with Gasteiger partial charge in [-0.1, -0.05) is 109 Å². The van der Waals surface area contributed by atoms with Crippen LogP contribution in [-0.4, -0.2) is 6.29 Å². The number of aldehydes is 1. The molecule has 148 valence electrons. The standard InChI is InChI=1S/C24H46O/c1-2-3-4-5-6-7-8-9-10-11-12-13-14-15-16-17-18-19-20-21-22-23-24-25/h13-14,24H,2-12,15-23H2,1H3. The predicted octanol–water partition coefficient (Wildman–Crippen LogP) is 8.56. The largest absolute Gasteiger partial charge is 0.303 e. The van der Waals surface area contributed by atoms with Crippen molar-refractivity contribution in [1.29, 1.82) is 0 Å². The van der Waals surface area contributed by atoms with E-state index in [9.17, 15) is 4.79 Å². The van der Waals surface area contributed by atoms with E-state index in [0.717, 1.165) is 19.1 Å². The van der Waals surface area contributed by atoms with Gasteiger partial charge in [0, 0.05) is 6.42 Å². The first-order valence-electron chi connectivity index (χ1n) is 11.5. The monoisotopic (exact) mass is 350 g/mol. The molecule has 0 saturated carbocycles. The first kappa shape index (κ1) is 24.4. The van der Waals surface area contributed by atoms with Gasteiger partial charge in [0.05, 0.1) is 0 Å². The summed E-state index contributed by atoms with van der Waals surface area (Å²) in [4.78, 5) is 10.2. The van der Waals surface area contributed by atoms with Crippen LogP contribution < -0.4 is 0 Å². The Morgan fingerprint density at radius 1 is 0.440 bits per heavy atom. The Balaban J connectivity index is 3.05. The Bertz CT molecular complexity index is 269. The highest BCUT2D eigenvalue weighted by Crippen LogP contribution is 2.12. The molecule has 0 unspecified atom stereocenters. The van der Waals surface area contributed by atoms with Gasteiger partial charge < -0.3 is 4.79 Å². The molecule has 0 aromatic rings. The SMILES string of the molecule is CCCCCCCCCCCCC=CCCCCCCCCCC=O. The molecule has 25 heavy (non-hydrogen) atoms. The fourth-order valence-corrected chi connectivity index (χ4v) is 3.36. The topological polar surface area (TPSA) is 17.1 Å². The van der Waals surface area contributed by atoms with Gasteiger partial charge in [0.2, 0.25) is 0 Å². The number of allylic oxidation sites excluding steroid dienone is 2. The van der Waals surface area contributed by atoms with Gasteiger partial charge in [-0.2, -0.15) is 0 Å². The Morgan fingerprint density at radius 2 is 0.760 bits per heavy atom. The number of rotatable bonds is 21. The second kappa shape index (κ2) is 23.4. The van der Waals surface area contributed by atoms with Crippen LogP contribution >= 0.6 is 0 Å². The summed E-state index contributed by atoms with van der Waals surface area (Å²) in [6, 6.07) is 0. The first-order chi connectivity index (χ1) is 12.4. The Hall–Kier alpha value is -0.590. The number of hydrogen-bond acceptors (Lipinski definition) is 1. The second-order valence-electron chi connectivity index (χ2n) is 7.66. The van der Waals surface area contributed by atoms with Crippen LogP contribution in [0, 0.1) is 0 Å². The lowest BCUT2D eigenvalue weighted by Gasteiger charge is -2.01. The summed E-state index contributed by atoms with van der Waals surface area (Å²) in [5, 5.41) is 0. The lowest BCUT2D eigenvalue weighted by atomic mass is 10.1. The van der Waals surface area contributed by atoms with Crippen LogP contribution in [-0.2, 0) is 4.79 Å². The van der Waals surface area contributed by atoms with Crippen molar-refractivity contribution in [2.75, 3.05) is 0 Å². The normalized spacial score (nSPS) is 11.4. The molecule has 0 spiro atoms. The van der Waals surface area contributed by atoms with Crippen LogP contribution in [0.2, 0.25) is 0 Å². The zero-order valence-electron chi connectivity index (χ0n) is 17.3. The molecular weight excluding hydrogens is 304 g/mol. The van der Waals surface area contributed by atoms with Crippen molar-refractivity contribution in [2.45, 2.75) is 135 Å². The van der Waals surface area contributed by atoms with Gasteiger partial charge in [-0.3, -0.25) is 0 Å². The Morgan fingerprint density at radius 3 is 1.12 bits per heavy atom. The van der Waals surface area contributed by atoms with Crippen LogP contribution in [0.15, 0.2) is 12.2 Å². The minimum Gasteiger partial charge on any atom is -0.303 e. The minimum absolute atomic E-state index is 0.754. The van der Waals surface area contributed by atoms with Crippen LogP contribution in [0.5, 0.6) is 0 Å². The molecule has 0 rings (SSSR count). The van der Waals surface area contributed by atoms with E-state index in [1.54, 1.807) is 0 Å². The van der Waals surface area contributed by atoms with Crippen molar-refractivity contribution >= 4 is 6.29 Å². The van der Waals surface area contributed by atoms with Gasteiger partial charge in [0.25, 0.3) is 0 Å². The van der Waals surface area contributed by atoms with Crippen LogP contribution in [0.3, 0.4) is 0 Å². The van der Waals surface area contributed by atoms with Gasteiger partial charge in [-0.05, 0) is 32.1 Å². The Kier molecular flexibility index (Phi) is 22.9. The molecule has 0 bridgehead atoms. The van der Waals surface area contributed by atoms with E-state index in [2.05, 4.69) is 19.1 Å². The molecule has 0 heterocycles. The molecule has 0 amide bonds. The number of carbonyl (C=O) groups excluding carboxylic acids is 1. The highest BCUT2D eigenvalue weighted by Gasteiger charge is 1.93. The molecule has 0 aromatic carbocycles. The zero-order valence-corrected chi connectivity index (χ0v) is 17.3. The Labute approximate surface area is 159 Å². The third-order valence-corrected chi connectivity index (χ3v) is 5.08. The average molecular weight is 351 g/mol. The summed E-state index contributed by atoms with van der Waals surface area (Å²) >= 11 is 0. The molecule has 1 heteroatoms. The maximum atomic E-state index is 10.2. The van der Waals surface area contributed by atoms with Crippen molar-refractivity contribution in [2.24, 2.45) is 0 Å². The highest BCUT2D eigenvalue weighted by molar-refractivity contribution is 5.48. The molecule has 0 aromatic heterocycles. The lowest BCUT2D eigenvalue weighted by Crippen LogP contribution is -1.82. The molecule has 0 fully saturated rings. The third-order valence-electron chi connectivity index (χ3n) is 5.08. The van der Waals surface area contributed by atoms with E-state index in [-0.39, 0.29) is 0 Å². The van der Waals surface area contributed by atoms with Crippen molar-refractivity contribution in [3.63, 3.8) is 0 Å². The third kappa shape index (κ3) is 23.4. The smallest absolute Gasteiger partial charge is 0.119 e. The van der Waals surface area contributed by atoms with Gasteiger partial charge in [0.1, 0.15) is 6.29 Å². The fraction of sp³-hybridized carbons (Fsp3) is 0.875. The van der Waals surface area contributed by atoms with Crippen molar-refractivity contribution in [3.05, 3.63) is 12.2 Å². The number of carbonyl (C=O) groups is 1. The molecule has 0 aliphatic heterocycles. The van der Waals surface area contributed by atoms with Crippen LogP contribution in [0.25, 0.3) is 0 Å². The summed E-state index contributed by atoms with van der Waals surface area (Å²) in [6.07, 6.45) is 32.5. The van der Waals surface area contributed by atoms with Gasteiger partial charge in [-0.25, -0.2) is 0 Å². The fourth-order valence-electron chi connectivity index (χ4n) is 3.36. The molecule has 1 nitrogen and oxygen atoms in total. The lowest BCUT2D eigenvalue weighted by molar-refractivity contribution is -0.107. The molecule has 0 N–H and O–H groups in total. The summed E-state index contributed by atoms with van der Waals surface area (Å²) in [5.74, 6) is 0. The second-order valence-corrected chi connectivity index (χ2v) is 7.66. The van der Waals surface area contributed by atoms with Gasteiger partial charge in [0.15, 0.2) is 0 Å². The van der Waals surface area contributed by atoms with E-state index in [1.807, 2.05) is 0 Å². The number of hydrogen-bond donors (Lipinski definition) is 0. The van der Waals surface area contributed by atoms with Crippen molar-refractivity contribution in [1.82, 2.24) is 0 Å². The summed E-state index contributed by atoms with van der Waals surface area (Å²) in [7, 11) is 0. The maximum absolute atomic E-state index is 10.2. The first-order valence-corrected chi connectivity index (χ1v) is 11.5. The van der Waals surface area contributed by atoms with Crippen LogP contribution in [0.1, 0.15) is 135 Å². The minimum atomic E-state index is 0.754. The van der Waals surface area contributed by atoms with Gasteiger partial charge in [-0.15, -0.1) is 0 Å². The highest BCUT2D eigenvalue weighted by atomic mass is 16.1. The van der Waals surface area contributed by atoms with Crippen molar-refractivity contribution < 1.29 is 4.79 Å². The molecule has 0 radical (unpaired) electrons. The van der Waals surface area contributed by atoms with Crippen LogP contribution in [0.4, 0.5) is 0 Å². The molecule has 0 atom stereocenters. The van der Waals surface area contributed by atoms with E-state index in [0.29, 0.717) is 0 Å². The molecule has 0 aliphatic rings. The summed E-state index contributed by atoms with van der Waals surface area (Å²) in [5.41, 5.74) is 0. The molecule has 0 saturated heterocycles. The van der Waals surface area contributed by atoms with E-state index in [4.69, 9.17) is 0 Å². The number of unbranched alkanes of at least 4 members (excludes halogenated alkanes) is 18.